The third-order valence-corrected chi connectivity index (χ3v) is 6.65. The highest BCUT2D eigenvalue weighted by molar-refractivity contribution is 6.03. The molecule has 0 radical (unpaired) electrons. The van der Waals surface area contributed by atoms with Gasteiger partial charge in [-0.25, -0.2) is 0 Å². The zero-order chi connectivity index (χ0) is 22.4. The van der Waals surface area contributed by atoms with Crippen LogP contribution in [0.4, 0.5) is 0 Å². The van der Waals surface area contributed by atoms with Crippen LogP contribution in [0.5, 0.6) is 11.5 Å². The van der Waals surface area contributed by atoms with Gasteiger partial charge >= 0.3 is 0 Å². The van der Waals surface area contributed by atoms with E-state index in [0.717, 1.165) is 29.5 Å². The van der Waals surface area contributed by atoms with Crippen molar-refractivity contribution in [2.75, 3.05) is 14.2 Å². The molecular formula is C28H36O3. The maximum Gasteiger partial charge on any atom is 0.171 e. The third kappa shape index (κ3) is 4.87. The molecule has 3 rings (SSSR count). The van der Waals surface area contributed by atoms with Crippen molar-refractivity contribution >= 4 is 11.9 Å². The van der Waals surface area contributed by atoms with Crippen LogP contribution >= 0.6 is 0 Å². The fourth-order valence-corrected chi connectivity index (χ4v) is 4.78. The van der Waals surface area contributed by atoms with E-state index in [-0.39, 0.29) is 17.1 Å². The molecule has 0 aromatic heterocycles. The molecule has 0 fully saturated rings. The molecule has 0 N–H and O–H groups in total. The van der Waals surface area contributed by atoms with Crippen LogP contribution in [0, 0.1) is 5.41 Å². The Labute approximate surface area is 187 Å². The van der Waals surface area contributed by atoms with Gasteiger partial charge in [-0.2, -0.15) is 0 Å². The fourth-order valence-electron chi connectivity index (χ4n) is 4.78. The fraction of sp³-hybridized carbons (Fsp3) is 0.464. The van der Waals surface area contributed by atoms with Crippen molar-refractivity contribution in [3.8, 4) is 11.5 Å². The van der Waals surface area contributed by atoms with Crippen LogP contribution in [0.25, 0.3) is 6.08 Å². The minimum absolute atomic E-state index is 0.163. The first-order valence-electron chi connectivity index (χ1n) is 11.5. The van der Waals surface area contributed by atoms with Gasteiger partial charge in [0.1, 0.15) is 0 Å². The van der Waals surface area contributed by atoms with Gasteiger partial charge in [-0.05, 0) is 36.1 Å². The molecule has 3 nitrogen and oxygen atoms in total. The molecule has 0 spiro atoms. The topological polar surface area (TPSA) is 35.5 Å². The van der Waals surface area contributed by atoms with E-state index in [1.807, 2.05) is 42.5 Å². The predicted molar refractivity (Wildman–Crippen MR) is 128 cm³/mol. The Morgan fingerprint density at radius 1 is 0.935 bits per heavy atom. The van der Waals surface area contributed by atoms with Gasteiger partial charge in [0.25, 0.3) is 0 Å². The van der Waals surface area contributed by atoms with Gasteiger partial charge in [0.05, 0.1) is 20.1 Å². The Hall–Kier alpha value is -2.55. The van der Waals surface area contributed by atoms with Crippen LogP contribution in [-0.2, 0) is 0 Å². The number of fused-ring (bicyclic) bond motifs is 1. The summed E-state index contributed by atoms with van der Waals surface area (Å²) < 4.78 is 11.1. The highest BCUT2D eigenvalue weighted by Crippen LogP contribution is 2.52. The number of carbonyl (C=O) groups excluding carboxylic acids is 1. The van der Waals surface area contributed by atoms with Gasteiger partial charge in [0.2, 0.25) is 0 Å². The number of hydrogen-bond donors (Lipinski definition) is 0. The molecule has 0 bridgehead atoms. The summed E-state index contributed by atoms with van der Waals surface area (Å²) in [7, 11) is 3.30. The number of ether oxygens (including phenoxy) is 2. The molecule has 2 aromatic rings. The maximum absolute atomic E-state index is 13.8. The lowest BCUT2D eigenvalue weighted by Gasteiger charge is -2.41. The number of allylic oxidation sites excluding steroid dienone is 1. The van der Waals surface area contributed by atoms with Crippen LogP contribution in [0.2, 0.25) is 0 Å². The van der Waals surface area contributed by atoms with Crippen LogP contribution in [0.1, 0.15) is 86.7 Å². The second-order valence-corrected chi connectivity index (χ2v) is 9.05. The normalized spacial score (nSPS) is 16.9. The summed E-state index contributed by atoms with van der Waals surface area (Å²) in [6.07, 6.45) is 9.50. The lowest BCUT2D eigenvalue weighted by molar-refractivity contribution is 0.0902. The minimum atomic E-state index is -0.274. The van der Waals surface area contributed by atoms with Crippen LogP contribution in [0.15, 0.2) is 48.0 Å². The van der Waals surface area contributed by atoms with Crippen molar-refractivity contribution in [3.63, 3.8) is 0 Å². The van der Waals surface area contributed by atoms with Crippen LogP contribution in [0.3, 0.4) is 0 Å². The number of rotatable bonds is 10. The first-order chi connectivity index (χ1) is 14.9. The van der Waals surface area contributed by atoms with Crippen molar-refractivity contribution < 1.29 is 14.3 Å². The monoisotopic (exact) mass is 420 g/mol. The summed E-state index contributed by atoms with van der Waals surface area (Å²) in [6, 6.07) is 13.7. The summed E-state index contributed by atoms with van der Waals surface area (Å²) in [5, 5.41) is 0. The molecule has 0 saturated heterocycles. The standard InChI is InChI=1S/C28H36O3/c1-6-7-8-9-13-16-22-17-21-18-24(30-4)25(31-5)19-23(21)26(28(22,2)3)27(29)20-14-11-10-12-15-20/h10-12,14-15,17-19,26H,6-9,13,16H2,1-5H3. The van der Waals surface area contributed by atoms with Gasteiger partial charge in [0, 0.05) is 11.0 Å². The van der Waals surface area contributed by atoms with Gasteiger partial charge in [-0.1, -0.05) is 88.4 Å². The van der Waals surface area contributed by atoms with Crippen molar-refractivity contribution in [2.24, 2.45) is 5.41 Å². The predicted octanol–water partition coefficient (Wildman–Crippen LogP) is 7.45. The SMILES string of the molecule is CCCCCCCC1=Cc2cc(OC)c(OC)cc2C(C(=O)c2ccccc2)C1(C)C. The van der Waals surface area contributed by atoms with Gasteiger partial charge in [0.15, 0.2) is 17.3 Å². The zero-order valence-corrected chi connectivity index (χ0v) is 19.7. The average molecular weight is 421 g/mol. The number of methoxy groups -OCH3 is 2. The minimum Gasteiger partial charge on any atom is -0.493 e. The van der Waals surface area contributed by atoms with E-state index in [1.165, 1.54) is 31.3 Å². The highest BCUT2D eigenvalue weighted by atomic mass is 16.5. The number of benzene rings is 2. The summed E-state index contributed by atoms with van der Waals surface area (Å²) in [5.41, 5.74) is 3.91. The quantitative estimate of drug-likeness (QED) is 0.296. The molecule has 1 atom stereocenters. The van der Waals surface area contributed by atoms with Crippen molar-refractivity contribution in [1.82, 2.24) is 0 Å². The molecule has 1 unspecified atom stereocenters. The van der Waals surface area contributed by atoms with Crippen molar-refractivity contribution in [3.05, 3.63) is 64.7 Å². The lowest BCUT2D eigenvalue weighted by Crippen LogP contribution is -2.34. The number of hydrogen-bond acceptors (Lipinski definition) is 3. The first kappa shape index (κ1) is 23.1. The van der Waals surface area contributed by atoms with E-state index in [9.17, 15) is 4.79 Å². The van der Waals surface area contributed by atoms with E-state index in [4.69, 9.17) is 9.47 Å². The maximum atomic E-state index is 13.8. The molecular weight excluding hydrogens is 384 g/mol. The molecule has 0 saturated carbocycles. The Morgan fingerprint density at radius 3 is 2.23 bits per heavy atom. The summed E-state index contributed by atoms with van der Waals surface area (Å²) in [5.74, 6) is 1.26. The van der Waals surface area contributed by atoms with E-state index in [1.54, 1.807) is 14.2 Å². The molecule has 166 valence electrons. The zero-order valence-electron chi connectivity index (χ0n) is 19.7. The number of Topliss-reactive ketones (excluding diaryl/α,β-unsaturated/α-hetero) is 1. The molecule has 3 heteroatoms. The summed E-state index contributed by atoms with van der Waals surface area (Å²) in [4.78, 5) is 13.8. The molecule has 1 aliphatic carbocycles. The second kappa shape index (κ2) is 10.2. The first-order valence-corrected chi connectivity index (χ1v) is 11.5. The van der Waals surface area contributed by atoms with E-state index in [0.29, 0.717) is 11.5 Å². The molecule has 0 amide bonds. The van der Waals surface area contributed by atoms with Crippen LogP contribution in [-0.4, -0.2) is 20.0 Å². The number of carbonyl (C=O) groups is 1. The lowest BCUT2D eigenvalue weighted by atomic mass is 9.62. The third-order valence-electron chi connectivity index (χ3n) is 6.65. The Bertz CT molecular complexity index is 925. The smallest absolute Gasteiger partial charge is 0.171 e. The van der Waals surface area contributed by atoms with E-state index < -0.39 is 0 Å². The highest BCUT2D eigenvalue weighted by Gasteiger charge is 2.43. The Balaban J connectivity index is 2.05. The molecule has 0 heterocycles. The molecule has 0 aliphatic heterocycles. The van der Waals surface area contributed by atoms with Crippen molar-refractivity contribution in [1.29, 1.82) is 0 Å². The van der Waals surface area contributed by atoms with Crippen molar-refractivity contribution in [2.45, 2.75) is 65.2 Å². The molecule has 31 heavy (non-hydrogen) atoms. The summed E-state index contributed by atoms with van der Waals surface area (Å²) in [6.45, 7) is 6.68. The van der Waals surface area contributed by atoms with Gasteiger partial charge in [-0.15, -0.1) is 0 Å². The van der Waals surface area contributed by atoms with Gasteiger partial charge in [-0.3, -0.25) is 4.79 Å². The number of unbranched alkanes of at least 4 members (excludes halogenated alkanes) is 4. The Kier molecular flexibility index (Phi) is 7.59. The van der Waals surface area contributed by atoms with Gasteiger partial charge < -0.3 is 9.47 Å². The van der Waals surface area contributed by atoms with E-state index >= 15 is 0 Å². The van der Waals surface area contributed by atoms with E-state index in [2.05, 4.69) is 26.8 Å². The second-order valence-electron chi connectivity index (χ2n) is 9.05. The average Bonchev–Trinajstić information content (AvgIpc) is 2.78. The molecule has 1 aliphatic rings. The summed E-state index contributed by atoms with van der Waals surface area (Å²) >= 11 is 0. The number of ketones is 1. The molecule has 2 aromatic carbocycles. The Morgan fingerprint density at radius 2 is 1.58 bits per heavy atom. The largest absolute Gasteiger partial charge is 0.493 e. The van der Waals surface area contributed by atoms with Crippen LogP contribution < -0.4 is 9.47 Å².